The summed E-state index contributed by atoms with van der Waals surface area (Å²) in [6.45, 7) is 6.37. The number of aromatic nitrogens is 1. The number of hydrogen-bond acceptors (Lipinski definition) is 1. The minimum absolute atomic E-state index is 1.14. The minimum Gasteiger partial charge on any atom is -0.351 e. The monoisotopic (exact) mass is 258 g/mol. The molecule has 2 nitrogen and oxygen atoms in total. The Morgan fingerprint density at radius 1 is 0.947 bits per heavy atom. The lowest BCUT2D eigenvalue weighted by Gasteiger charge is -2.15. The number of likely N-dealkylation sites (N-methyl/N-ethyl adjacent to an activating group) is 1. The molecular weight excluding hydrogens is 232 g/mol. The summed E-state index contributed by atoms with van der Waals surface area (Å²) in [6.07, 6.45) is 7.75. The fourth-order valence-electron chi connectivity index (χ4n) is 1.98. The van der Waals surface area contributed by atoms with E-state index in [0.29, 0.717) is 0 Å². The number of hydrogen-bond donors (Lipinski definition) is 0. The molecule has 3 rings (SSSR count). The van der Waals surface area contributed by atoms with Crippen molar-refractivity contribution >= 4 is 10.9 Å². The van der Waals surface area contributed by atoms with Gasteiger partial charge in [-0.2, -0.15) is 0 Å². The summed E-state index contributed by atoms with van der Waals surface area (Å²) in [7, 11) is 4.20. The number of para-hydroxylation sites is 1. The van der Waals surface area contributed by atoms with Crippen molar-refractivity contribution in [1.29, 1.82) is 0 Å². The smallest absolute Gasteiger partial charge is 0.0477 e. The van der Waals surface area contributed by atoms with Gasteiger partial charge in [-0.1, -0.05) is 44.2 Å². The Kier molecular flexibility index (Phi) is 6.98. The van der Waals surface area contributed by atoms with Gasteiger partial charge in [-0.05, 0) is 31.0 Å². The Hall–Kier alpha value is -1.54. The molecular formula is C17H26N2. The fraction of sp³-hybridized carbons (Fsp3) is 0.412. The van der Waals surface area contributed by atoms with Crippen LogP contribution in [0.5, 0.6) is 0 Å². The molecule has 1 aliphatic heterocycles. The molecule has 0 saturated carbocycles. The maximum Gasteiger partial charge on any atom is 0.0477 e. The van der Waals surface area contributed by atoms with Crippen LogP contribution >= 0.6 is 0 Å². The highest BCUT2D eigenvalue weighted by Crippen LogP contribution is 2.12. The Morgan fingerprint density at radius 3 is 2.21 bits per heavy atom. The zero-order valence-corrected chi connectivity index (χ0v) is 12.6. The number of benzene rings is 1. The van der Waals surface area contributed by atoms with Gasteiger partial charge in [0.05, 0.1) is 0 Å². The van der Waals surface area contributed by atoms with Crippen molar-refractivity contribution in [2.75, 3.05) is 20.1 Å². The highest BCUT2D eigenvalue weighted by Gasteiger charge is 1.95. The number of nitrogens with zero attached hydrogens (tertiary/aromatic N) is 2. The molecule has 0 fully saturated rings. The van der Waals surface area contributed by atoms with Crippen LogP contribution in [0.3, 0.4) is 0 Å². The predicted octanol–water partition coefficient (Wildman–Crippen LogP) is 4.08. The van der Waals surface area contributed by atoms with Gasteiger partial charge in [0.1, 0.15) is 0 Å². The first-order valence-electron chi connectivity index (χ1n) is 7.11. The van der Waals surface area contributed by atoms with Gasteiger partial charge in [-0.3, -0.25) is 0 Å². The lowest BCUT2D eigenvalue weighted by Crippen LogP contribution is -2.21. The Bertz CT molecular complexity index is 497. The summed E-state index contributed by atoms with van der Waals surface area (Å²) in [4.78, 5) is 2.31. The highest BCUT2D eigenvalue weighted by atomic mass is 15.1. The van der Waals surface area contributed by atoms with Crippen molar-refractivity contribution < 1.29 is 0 Å². The van der Waals surface area contributed by atoms with Crippen molar-refractivity contribution in [3.63, 3.8) is 0 Å². The third-order valence-electron chi connectivity index (χ3n) is 3.06. The summed E-state index contributed by atoms with van der Waals surface area (Å²) in [5, 5.41) is 1.31. The first kappa shape index (κ1) is 15.5. The first-order valence-corrected chi connectivity index (χ1v) is 7.11. The second kappa shape index (κ2) is 8.54. The molecule has 0 amide bonds. The Morgan fingerprint density at radius 2 is 1.68 bits per heavy atom. The van der Waals surface area contributed by atoms with E-state index in [1.807, 2.05) is 13.8 Å². The van der Waals surface area contributed by atoms with E-state index < -0.39 is 0 Å². The molecule has 2 aromatic rings. The van der Waals surface area contributed by atoms with Crippen LogP contribution in [0.25, 0.3) is 10.9 Å². The standard InChI is InChI=1S/C9H9N.C6H11N.C2H6/c1-10-7-6-8-4-2-3-5-9(8)10;1-7-5-3-2-4-6-7;1-2/h2-7H,1H3;2-3H,4-6H2,1H3;1-2H3. The molecule has 1 aromatic carbocycles. The number of aryl methyl sites for hydroxylation is 1. The SMILES string of the molecule is CC.CN1CC=CCC1.Cn1ccc2ccccc21. The summed E-state index contributed by atoms with van der Waals surface area (Å²) >= 11 is 0. The van der Waals surface area contributed by atoms with Gasteiger partial charge < -0.3 is 9.47 Å². The zero-order chi connectivity index (χ0) is 14.1. The summed E-state index contributed by atoms with van der Waals surface area (Å²) in [5.41, 5.74) is 1.29. The minimum atomic E-state index is 1.14. The van der Waals surface area contributed by atoms with Crippen molar-refractivity contribution in [3.8, 4) is 0 Å². The molecule has 104 valence electrons. The lowest BCUT2D eigenvalue weighted by atomic mass is 10.2. The molecule has 0 atom stereocenters. The summed E-state index contributed by atoms with van der Waals surface area (Å²) in [6, 6.07) is 10.5. The molecule has 0 bridgehead atoms. The number of rotatable bonds is 0. The van der Waals surface area contributed by atoms with Crippen molar-refractivity contribution in [2.24, 2.45) is 7.05 Å². The second-order valence-corrected chi connectivity index (χ2v) is 4.51. The molecule has 0 saturated heterocycles. The van der Waals surface area contributed by atoms with Crippen molar-refractivity contribution in [2.45, 2.75) is 20.3 Å². The molecule has 0 unspecified atom stereocenters. The average Bonchev–Trinajstić information content (AvgIpc) is 2.85. The van der Waals surface area contributed by atoms with Crippen LogP contribution in [0.1, 0.15) is 20.3 Å². The van der Waals surface area contributed by atoms with Crippen molar-refractivity contribution in [1.82, 2.24) is 9.47 Å². The lowest BCUT2D eigenvalue weighted by molar-refractivity contribution is 0.366. The Labute approximate surface area is 117 Å². The van der Waals surface area contributed by atoms with Gasteiger partial charge in [0.25, 0.3) is 0 Å². The van der Waals surface area contributed by atoms with Crippen LogP contribution in [0, 0.1) is 0 Å². The van der Waals surface area contributed by atoms with Gasteiger partial charge >= 0.3 is 0 Å². The normalized spacial score (nSPS) is 14.3. The molecule has 0 spiro atoms. The van der Waals surface area contributed by atoms with E-state index in [9.17, 15) is 0 Å². The largest absolute Gasteiger partial charge is 0.351 e. The molecule has 0 aliphatic carbocycles. The van der Waals surface area contributed by atoms with Gasteiger partial charge in [-0.15, -0.1) is 0 Å². The quantitative estimate of drug-likeness (QED) is 0.646. The molecule has 1 aromatic heterocycles. The average molecular weight is 258 g/mol. The number of fused-ring (bicyclic) bond motifs is 1. The first-order chi connectivity index (χ1) is 9.27. The van der Waals surface area contributed by atoms with Crippen LogP contribution in [0.15, 0.2) is 48.7 Å². The third-order valence-corrected chi connectivity index (χ3v) is 3.06. The summed E-state index contributed by atoms with van der Waals surface area (Å²) in [5.74, 6) is 0. The van der Waals surface area contributed by atoms with Gasteiger partial charge in [0.2, 0.25) is 0 Å². The molecule has 1 aliphatic rings. The molecule has 0 N–H and O–H groups in total. The van der Waals surface area contributed by atoms with Crippen LogP contribution in [-0.2, 0) is 7.05 Å². The van der Waals surface area contributed by atoms with E-state index in [1.165, 1.54) is 23.9 Å². The van der Waals surface area contributed by atoms with Crippen LogP contribution < -0.4 is 0 Å². The highest BCUT2D eigenvalue weighted by molar-refractivity contribution is 5.79. The second-order valence-electron chi connectivity index (χ2n) is 4.51. The maximum atomic E-state index is 2.31. The summed E-state index contributed by atoms with van der Waals surface area (Å²) < 4.78 is 2.12. The molecule has 0 radical (unpaired) electrons. The van der Waals surface area contributed by atoms with E-state index in [0.717, 1.165) is 6.54 Å². The van der Waals surface area contributed by atoms with Gasteiger partial charge in [0, 0.05) is 31.9 Å². The molecule has 19 heavy (non-hydrogen) atoms. The molecule has 2 heterocycles. The van der Waals surface area contributed by atoms with E-state index >= 15 is 0 Å². The molecule has 2 heteroatoms. The van der Waals surface area contributed by atoms with Crippen LogP contribution in [0.2, 0.25) is 0 Å². The van der Waals surface area contributed by atoms with E-state index in [-0.39, 0.29) is 0 Å². The van der Waals surface area contributed by atoms with E-state index in [1.54, 1.807) is 0 Å². The zero-order valence-electron chi connectivity index (χ0n) is 12.6. The third kappa shape index (κ3) is 4.92. The van der Waals surface area contributed by atoms with Gasteiger partial charge in [-0.25, -0.2) is 0 Å². The fourth-order valence-corrected chi connectivity index (χ4v) is 1.98. The van der Waals surface area contributed by atoms with E-state index in [4.69, 9.17) is 0 Å². The van der Waals surface area contributed by atoms with Crippen LogP contribution in [0.4, 0.5) is 0 Å². The van der Waals surface area contributed by atoms with E-state index in [2.05, 4.69) is 72.2 Å². The Balaban J connectivity index is 0.000000177. The predicted molar refractivity (Wildman–Crippen MR) is 85.5 cm³/mol. The van der Waals surface area contributed by atoms with Crippen LogP contribution in [-0.4, -0.2) is 29.6 Å². The maximum absolute atomic E-state index is 2.31. The van der Waals surface area contributed by atoms with Gasteiger partial charge in [0.15, 0.2) is 0 Å². The van der Waals surface area contributed by atoms with Crippen molar-refractivity contribution in [3.05, 3.63) is 48.7 Å². The topological polar surface area (TPSA) is 8.17 Å².